The summed E-state index contributed by atoms with van der Waals surface area (Å²) in [5.74, 6) is 1.78. The second-order valence-electron chi connectivity index (χ2n) is 7.77. The van der Waals surface area contributed by atoms with Crippen LogP contribution in [0, 0.1) is 17.3 Å². The lowest BCUT2D eigenvalue weighted by Gasteiger charge is -2.61. The van der Waals surface area contributed by atoms with Crippen LogP contribution >= 0.6 is 0 Å². The van der Waals surface area contributed by atoms with Gasteiger partial charge < -0.3 is 4.90 Å². The molecule has 0 radical (unpaired) electrons. The number of hydrogen-bond donors (Lipinski definition) is 0. The van der Waals surface area contributed by atoms with Gasteiger partial charge in [0.05, 0.1) is 11.7 Å². The molecule has 120 valence electrons. The lowest BCUT2D eigenvalue weighted by Crippen LogP contribution is -2.63. The van der Waals surface area contributed by atoms with Crippen molar-refractivity contribution in [1.29, 1.82) is 0 Å². The number of pyridine rings is 1. The maximum atomic E-state index is 4.41. The molecule has 1 spiro atoms. The number of rotatable bonds is 4. The Labute approximate surface area is 138 Å². The Morgan fingerprint density at radius 3 is 2.78 bits per heavy atom. The van der Waals surface area contributed by atoms with E-state index in [1.54, 1.807) is 6.08 Å². The average Bonchev–Trinajstić information content (AvgIpc) is 2.86. The number of hydrogen-bond acceptors (Lipinski definition) is 2. The fraction of sp³-hybridized carbons (Fsp3) is 0.450. The summed E-state index contributed by atoms with van der Waals surface area (Å²) in [7, 11) is 0. The van der Waals surface area contributed by atoms with Gasteiger partial charge in [0.2, 0.25) is 0 Å². The third-order valence-electron chi connectivity index (χ3n) is 5.85. The Morgan fingerprint density at radius 1 is 1.39 bits per heavy atom. The molecule has 3 heterocycles. The predicted molar refractivity (Wildman–Crippen MR) is 96.6 cm³/mol. The van der Waals surface area contributed by atoms with E-state index >= 15 is 0 Å². The van der Waals surface area contributed by atoms with Crippen molar-refractivity contribution in [1.82, 2.24) is 9.61 Å². The first kappa shape index (κ1) is 14.6. The maximum Gasteiger partial charge on any atom is 0.0760 e. The van der Waals surface area contributed by atoms with Gasteiger partial charge in [0.15, 0.2) is 0 Å². The van der Waals surface area contributed by atoms with Crippen LogP contribution in [0.15, 0.2) is 43.8 Å². The highest BCUT2D eigenvalue weighted by Gasteiger charge is 2.52. The quantitative estimate of drug-likeness (QED) is 0.780. The largest absolute Gasteiger partial charge is 0.370 e. The third-order valence-corrected chi connectivity index (χ3v) is 5.85. The summed E-state index contributed by atoms with van der Waals surface area (Å²) in [6, 6.07) is 4.41. The summed E-state index contributed by atoms with van der Waals surface area (Å²) >= 11 is 0. The van der Waals surface area contributed by atoms with Crippen molar-refractivity contribution < 1.29 is 0 Å². The van der Waals surface area contributed by atoms with Crippen molar-refractivity contribution in [3.63, 3.8) is 0 Å². The van der Waals surface area contributed by atoms with E-state index < -0.39 is 0 Å². The molecule has 23 heavy (non-hydrogen) atoms. The Hall–Kier alpha value is -2.03. The Kier molecular flexibility index (Phi) is 3.15. The number of anilines is 1. The fourth-order valence-electron chi connectivity index (χ4n) is 4.25. The first-order chi connectivity index (χ1) is 11.0. The molecule has 3 nitrogen and oxygen atoms in total. The van der Waals surface area contributed by atoms with Crippen LogP contribution in [0.2, 0.25) is 0 Å². The van der Waals surface area contributed by atoms with Crippen molar-refractivity contribution >= 4 is 16.8 Å². The smallest absolute Gasteiger partial charge is 0.0760 e. The molecule has 4 rings (SSSR count). The maximum absolute atomic E-state index is 4.41. The lowest BCUT2D eigenvalue weighted by molar-refractivity contribution is -0.000534. The first-order valence-corrected chi connectivity index (χ1v) is 8.55. The van der Waals surface area contributed by atoms with E-state index in [0.29, 0.717) is 5.41 Å². The van der Waals surface area contributed by atoms with Gasteiger partial charge in [0.25, 0.3) is 0 Å². The van der Waals surface area contributed by atoms with Crippen LogP contribution in [0.25, 0.3) is 11.1 Å². The average molecular weight is 307 g/mol. The molecule has 0 N–H and O–H groups in total. The number of nitrogens with zero attached hydrogens (tertiary/aromatic N) is 3. The minimum absolute atomic E-state index is 0.606. The standard InChI is InChI=1S/C20H25N3/c1-5-15(4)18-11-21-23-7-6-17(8-19(18)23)22-12-20(13-22)9-16(10-20)14(2)3/h5-8,11,14,16H,1,4,9-10,12-13H2,2-3H3. The van der Waals surface area contributed by atoms with Crippen LogP contribution < -0.4 is 4.90 Å². The highest BCUT2D eigenvalue weighted by molar-refractivity contribution is 5.83. The van der Waals surface area contributed by atoms with Crippen LogP contribution in [0.3, 0.4) is 0 Å². The molecule has 2 fully saturated rings. The van der Waals surface area contributed by atoms with Crippen LogP contribution in [-0.2, 0) is 0 Å². The van der Waals surface area contributed by atoms with E-state index in [4.69, 9.17) is 0 Å². The Bertz CT molecular complexity index is 769. The Morgan fingerprint density at radius 2 is 2.13 bits per heavy atom. The SMILES string of the molecule is C=CC(=C)c1cnn2ccc(N3CC4(CC(C(C)C)C4)C3)cc12. The monoisotopic (exact) mass is 307 g/mol. The molecule has 0 atom stereocenters. The van der Waals surface area contributed by atoms with Gasteiger partial charge in [0, 0.05) is 36.0 Å². The summed E-state index contributed by atoms with van der Waals surface area (Å²) < 4.78 is 1.92. The molecule has 2 aromatic heterocycles. The van der Waals surface area contributed by atoms with Crippen LogP contribution in [0.4, 0.5) is 5.69 Å². The Balaban J connectivity index is 1.53. The molecule has 2 aromatic rings. The number of allylic oxidation sites excluding steroid dienone is 2. The third kappa shape index (κ3) is 2.21. The zero-order valence-corrected chi connectivity index (χ0v) is 14.1. The second-order valence-corrected chi connectivity index (χ2v) is 7.77. The van der Waals surface area contributed by atoms with Gasteiger partial charge in [-0.3, -0.25) is 0 Å². The highest BCUT2D eigenvalue weighted by atomic mass is 15.2. The van der Waals surface area contributed by atoms with Gasteiger partial charge in [-0.15, -0.1) is 0 Å². The fourth-order valence-corrected chi connectivity index (χ4v) is 4.25. The van der Waals surface area contributed by atoms with Crippen LogP contribution in [-0.4, -0.2) is 22.7 Å². The molecule has 0 aromatic carbocycles. The second kappa shape index (κ2) is 4.98. The lowest BCUT2D eigenvalue weighted by atomic mass is 9.55. The molecule has 2 aliphatic rings. The molecule has 0 amide bonds. The van der Waals surface area contributed by atoms with Crippen LogP contribution in [0.1, 0.15) is 32.3 Å². The van der Waals surface area contributed by atoms with E-state index in [2.05, 4.69) is 49.1 Å². The van der Waals surface area contributed by atoms with E-state index in [1.807, 2.05) is 16.9 Å². The minimum atomic E-state index is 0.606. The van der Waals surface area contributed by atoms with Gasteiger partial charge in [-0.25, -0.2) is 4.52 Å². The number of fused-ring (bicyclic) bond motifs is 1. The van der Waals surface area contributed by atoms with Gasteiger partial charge in [-0.1, -0.05) is 33.1 Å². The summed E-state index contributed by atoms with van der Waals surface area (Å²) in [6.45, 7) is 15.0. The minimum Gasteiger partial charge on any atom is -0.370 e. The normalized spacial score (nSPS) is 19.9. The summed E-state index contributed by atoms with van der Waals surface area (Å²) in [5, 5.41) is 4.41. The number of aromatic nitrogens is 2. The van der Waals surface area contributed by atoms with Crippen molar-refractivity contribution in [2.75, 3.05) is 18.0 Å². The van der Waals surface area contributed by atoms with Gasteiger partial charge in [0.1, 0.15) is 0 Å². The summed E-state index contributed by atoms with van der Waals surface area (Å²) in [5.41, 5.74) is 5.02. The zero-order chi connectivity index (χ0) is 16.2. The van der Waals surface area contributed by atoms with E-state index in [-0.39, 0.29) is 0 Å². The zero-order valence-electron chi connectivity index (χ0n) is 14.1. The highest BCUT2D eigenvalue weighted by Crippen LogP contribution is 2.55. The molecule has 1 aliphatic carbocycles. The van der Waals surface area contributed by atoms with Gasteiger partial charge in [-0.05, 0) is 42.4 Å². The molecular weight excluding hydrogens is 282 g/mol. The van der Waals surface area contributed by atoms with Crippen molar-refractivity contribution in [3.05, 3.63) is 49.3 Å². The molecule has 0 bridgehead atoms. The summed E-state index contributed by atoms with van der Waals surface area (Å²) in [6.07, 6.45) is 8.54. The van der Waals surface area contributed by atoms with Gasteiger partial charge >= 0.3 is 0 Å². The molecule has 1 saturated carbocycles. The van der Waals surface area contributed by atoms with Crippen molar-refractivity contribution in [2.24, 2.45) is 17.3 Å². The molecular formula is C20H25N3. The van der Waals surface area contributed by atoms with Gasteiger partial charge in [-0.2, -0.15) is 5.10 Å². The molecule has 0 unspecified atom stereocenters. The van der Waals surface area contributed by atoms with E-state index in [0.717, 1.165) is 28.5 Å². The van der Waals surface area contributed by atoms with E-state index in [9.17, 15) is 0 Å². The molecule has 1 saturated heterocycles. The molecule has 1 aliphatic heterocycles. The van der Waals surface area contributed by atoms with Crippen LogP contribution in [0.5, 0.6) is 0 Å². The topological polar surface area (TPSA) is 20.5 Å². The summed E-state index contributed by atoms with van der Waals surface area (Å²) in [4.78, 5) is 2.50. The molecule has 3 heteroatoms. The predicted octanol–water partition coefficient (Wildman–Crippen LogP) is 4.41. The van der Waals surface area contributed by atoms with E-state index in [1.165, 1.54) is 31.6 Å². The van der Waals surface area contributed by atoms with Crippen molar-refractivity contribution in [2.45, 2.75) is 26.7 Å². The first-order valence-electron chi connectivity index (χ1n) is 8.55. The van der Waals surface area contributed by atoms with Crippen molar-refractivity contribution in [3.8, 4) is 0 Å².